The van der Waals surface area contributed by atoms with Crippen molar-refractivity contribution >= 4 is 56.1 Å². The van der Waals surface area contributed by atoms with Gasteiger partial charge in [-0.05, 0) is 42.0 Å². The molecule has 4 rings (SSSR count). The highest BCUT2D eigenvalue weighted by molar-refractivity contribution is 7.92. The van der Waals surface area contributed by atoms with Crippen LogP contribution in [-0.4, -0.2) is 53.2 Å². The lowest BCUT2D eigenvalue weighted by Gasteiger charge is -2.22. The number of carbonyl (C=O) groups is 3. The van der Waals surface area contributed by atoms with Crippen LogP contribution in [-0.2, 0) is 24.3 Å². The second kappa shape index (κ2) is 10.8. The number of methoxy groups -OCH3 is 1. The van der Waals surface area contributed by atoms with Gasteiger partial charge in [-0.2, -0.15) is 0 Å². The minimum Gasteiger partial charge on any atom is -0.465 e. The number of likely N-dealkylation sites (N-methyl/N-ethyl adjacent to an activating group) is 1. The van der Waals surface area contributed by atoms with Crippen LogP contribution < -0.4 is 20.3 Å². The van der Waals surface area contributed by atoms with E-state index in [-0.39, 0.29) is 12.5 Å². The number of carbonyl (C=O) groups excluding carboxylic acids is 3. The number of anilines is 3. The Bertz CT molecular complexity index is 1530. The van der Waals surface area contributed by atoms with Gasteiger partial charge in [-0.25, -0.2) is 13.2 Å². The molecule has 3 aromatic carbocycles. The Morgan fingerprint density at radius 1 is 0.974 bits per heavy atom. The van der Waals surface area contributed by atoms with Crippen molar-refractivity contribution in [1.82, 2.24) is 5.32 Å². The second-order valence-electron chi connectivity index (χ2n) is 8.44. The molecule has 0 fully saturated rings. The third-order valence-corrected chi connectivity index (χ3v) is 7.03. The Hall–Kier alpha value is -4.64. The molecule has 1 aliphatic heterocycles. The van der Waals surface area contributed by atoms with Crippen LogP contribution in [0, 0.1) is 0 Å². The van der Waals surface area contributed by atoms with Gasteiger partial charge in [0.05, 0.1) is 41.6 Å². The van der Waals surface area contributed by atoms with Crippen LogP contribution in [0.4, 0.5) is 17.1 Å². The fraction of sp³-hybridized carbons (Fsp3) is 0.148. The van der Waals surface area contributed by atoms with Gasteiger partial charge < -0.3 is 20.7 Å². The van der Waals surface area contributed by atoms with E-state index >= 15 is 0 Å². The number of fused-ring (bicyclic) bond motifs is 1. The maximum atomic E-state index is 13.1. The van der Waals surface area contributed by atoms with Crippen molar-refractivity contribution in [3.63, 3.8) is 0 Å². The monoisotopic (exact) mass is 534 g/mol. The maximum Gasteiger partial charge on any atom is 0.337 e. The molecule has 11 heteroatoms. The molecule has 3 aromatic rings. The Morgan fingerprint density at radius 3 is 2.26 bits per heavy atom. The summed E-state index contributed by atoms with van der Waals surface area (Å²) in [5, 5.41) is 8.53. The van der Waals surface area contributed by atoms with Gasteiger partial charge in [-0.1, -0.05) is 36.4 Å². The first-order valence-corrected chi connectivity index (χ1v) is 13.4. The number of sulfonamides is 1. The van der Waals surface area contributed by atoms with Crippen molar-refractivity contribution < 1.29 is 27.5 Å². The number of nitrogens with zero attached hydrogens (tertiary/aromatic N) is 1. The zero-order valence-electron chi connectivity index (χ0n) is 20.9. The number of ether oxygens (including phenoxy) is 1. The molecule has 2 amide bonds. The molecule has 196 valence electrons. The van der Waals surface area contributed by atoms with E-state index in [0.29, 0.717) is 39.5 Å². The molecule has 1 aliphatic rings. The van der Waals surface area contributed by atoms with E-state index in [1.54, 1.807) is 42.5 Å². The lowest BCUT2D eigenvalue weighted by Crippen LogP contribution is -2.39. The number of hydrogen-bond acceptors (Lipinski definition) is 7. The third-order valence-electron chi connectivity index (χ3n) is 5.89. The average Bonchev–Trinajstić information content (AvgIpc) is 3.24. The highest BCUT2D eigenvalue weighted by atomic mass is 32.2. The molecule has 0 saturated carbocycles. The van der Waals surface area contributed by atoms with Crippen molar-refractivity contribution in [2.24, 2.45) is 0 Å². The summed E-state index contributed by atoms with van der Waals surface area (Å²) in [4.78, 5) is 37.0. The van der Waals surface area contributed by atoms with Crippen molar-refractivity contribution in [2.75, 3.05) is 41.9 Å². The van der Waals surface area contributed by atoms with E-state index < -0.39 is 21.9 Å². The van der Waals surface area contributed by atoms with E-state index in [0.717, 1.165) is 16.1 Å². The molecule has 0 radical (unpaired) electrons. The topological polar surface area (TPSA) is 134 Å². The lowest BCUT2D eigenvalue weighted by molar-refractivity contribution is -0.119. The van der Waals surface area contributed by atoms with Crippen molar-refractivity contribution in [3.8, 4) is 0 Å². The molecule has 3 N–H and O–H groups in total. The van der Waals surface area contributed by atoms with Crippen molar-refractivity contribution in [3.05, 3.63) is 89.5 Å². The molecule has 0 aromatic heterocycles. The Balaban J connectivity index is 1.75. The Labute approximate surface area is 220 Å². The van der Waals surface area contributed by atoms with E-state index in [4.69, 9.17) is 4.74 Å². The molecule has 1 heterocycles. The smallest absolute Gasteiger partial charge is 0.337 e. The van der Waals surface area contributed by atoms with Crippen LogP contribution in [0.3, 0.4) is 0 Å². The summed E-state index contributed by atoms with van der Waals surface area (Å²) in [7, 11) is -0.990. The summed E-state index contributed by atoms with van der Waals surface area (Å²) >= 11 is 0. The highest BCUT2D eigenvalue weighted by Crippen LogP contribution is 2.38. The van der Waals surface area contributed by atoms with Crippen LogP contribution in [0.25, 0.3) is 11.3 Å². The van der Waals surface area contributed by atoms with Crippen LogP contribution in [0.15, 0.2) is 72.8 Å². The first-order chi connectivity index (χ1) is 18.1. The van der Waals surface area contributed by atoms with Gasteiger partial charge in [0, 0.05) is 18.3 Å². The Morgan fingerprint density at radius 2 is 1.66 bits per heavy atom. The molecule has 10 nitrogen and oxygen atoms in total. The summed E-state index contributed by atoms with van der Waals surface area (Å²) in [6.07, 6.45) is 1.03. The average molecular weight is 535 g/mol. The predicted octanol–water partition coefficient (Wildman–Crippen LogP) is 2.92. The molecular formula is C27H26N4O6S. The first-order valence-electron chi connectivity index (χ1n) is 11.5. The molecule has 0 unspecified atom stereocenters. The van der Waals surface area contributed by atoms with E-state index in [9.17, 15) is 22.8 Å². The summed E-state index contributed by atoms with van der Waals surface area (Å²) in [6.45, 7) is -0.355. The van der Waals surface area contributed by atoms with Gasteiger partial charge in [-0.3, -0.25) is 13.9 Å². The number of rotatable bonds is 8. The van der Waals surface area contributed by atoms with E-state index in [1.165, 1.54) is 14.2 Å². The minimum atomic E-state index is -3.71. The quantitative estimate of drug-likeness (QED) is 0.299. The van der Waals surface area contributed by atoms with Gasteiger partial charge in [0.2, 0.25) is 15.9 Å². The van der Waals surface area contributed by atoms with E-state index in [2.05, 4.69) is 16.0 Å². The zero-order valence-corrected chi connectivity index (χ0v) is 21.8. The highest BCUT2D eigenvalue weighted by Gasteiger charge is 2.29. The molecule has 38 heavy (non-hydrogen) atoms. The molecular weight excluding hydrogens is 508 g/mol. The third kappa shape index (κ3) is 5.52. The Kier molecular flexibility index (Phi) is 7.49. The predicted molar refractivity (Wildman–Crippen MR) is 146 cm³/mol. The molecule has 0 aliphatic carbocycles. The van der Waals surface area contributed by atoms with Crippen molar-refractivity contribution in [1.29, 1.82) is 0 Å². The summed E-state index contributed by atoms with van der Waals surface area (Å²) in [5.41, 5.74) is 3.94. The van der Waals surface area contributed by atoms with Gasteiger partial charge >= 0.3 is 5.97 Å². The molecule has 0 spiro atoms. The van der Waals surface area contributed by atoms with E-state index in [1.807, 2.05) is 30.3 Å². The molecule has 0 saturated heterocycles. The summed E-state index contributed by atoms with van der Waals surface area (Å²) in [6, 6.07) is 20.6. The van der Waals surface area contributed by atoms with Crippen LogP contribution in [0.2, 0.25) is 0 Å². The van der Waals surface area contributed by atoms with Crippen LogP contribution >= 0.6 is 0 Å². The standard InChI is InChI=1S/C27H26N4O6S/c1-28-23(32)16-31(38(3,35)36)20-12-10-19(11-13-20)29-25(17-7-5-4-6-8-17)24-21-14-9-18(27(34)37-2)15-22(21)30-26(24)33/h4-15,29H,16H2,1-3H3,(H,28,32)(H,30,33)/b25-24-. The van der Waals surface area contributed by atoms with Gasteiger partial charge in [0.25, 0.3) is 5.91 Å². The number of esters is 1. The molecule has 0 bridgehead atoms. The van der Waals surface area contributed by atoms with Crippen LogP contribution in [0.1, 0.15) is 21.5 Å². The summed E-state index contributed by atoms with van der Waals surface area (Å²) < 4.78 is 30.4. The number of benzene rings is 3. The van der Waals surface area contributed by atoms with Gasteiger partial charge in [0.15, 0.2) is 0 Å². The first kappa shape index (κ1) is 26.4. The second-order valence-corrected chi connectivity index (χ2v) is 10.3. The van der Waals surface area contributed by atoms with Crippen LogP contribution in [0.5, 0.6) is 0 Å². The number of amides is 2. The van der Waals surface area contributed by atoms with Gasteiger partial charge in [-0.15, -0.1) is 0 Å². The van der Waals surface area contributed by atoms with Crippen molar-refractivity contribution in [2.45, 2.75) is 0 Å². The van der Waals surface area contributed by atoms with Gasteiger partial charge in [0.1, 0.15) is 6.54 Å². The largest absolute Gasteiger partial charge is 0.465 e. The SMILES string of the molecule is CNC(=O)CN(c1ccc(N/C(=C2\C(=O)Nc3cc(C(=O)OC)ccc32)c2ccccc2)cc1)S(C)(=O)=O. The number of nitrogens with one attached hydrogen (secondary N) is 3. The number of hydrogen-bond donors (Lipinski definition) is 3. The maximum absolute atomic E-state index is 13.1. The normalized spacial score (nSPS) is 13.7. The lowest BCUT2D eigenvalue weighted by atomic mass is 9.99. The molecule has 0 atom stereocenters. The minimum absolute atomic E-state index is 0.310. The fourth-order valence-electron chi connectivity index (χ4n) is 4.01. The zero-order chi connectivity index (χ0) is 27.4. The fourth-order valence-corrected chi connectivity index (χ4v) is 4.87. The summed E-state index contributed by atoms with van der Waals surface area (Å²) in [5.74, 6) is -1.31.